The molecule has 0 amide bonds. The Morgan fingerprint density at radius 1 is 1.22 bits per heavy atom. The lowest BCUT2D eigenvalue weighted by molar-refractivity contribution is 1.03. The van der Waals surface area contributed by atoms with Crippen molar-refractivity contribution in [3.8, 4) is 0 Å². The van der Waals surface area contributed by atoms with Gasteiger partial charge in [-0.1, -0.05) is 30.8 Å². The molecule has 1 aromatic heterocycles. The van der Waals surface area contributed by atoms with Gasteiger partial charge in [0.25, 0.3) is 0 Å². The van der Waals surface area contributed by atoms with E-state index in [0.29, 0.717) is 6.54 Å². The number of fused-ring (bicyclic) bond motifs is 1. The normalized spacial score (nSPS) is 15.1. The van der Waals surface area contributed by atoms with E-state index in [1.54, 1.807) is 11.3 Å². The highest BCUT2D eigenvalue weighted by Crippen LogP contribution is 2.29. The average molecular weight is 254 g/mol. The lowest BCUT2D eigenvalue weighted by Gasteiger charge is -2.20. The van der Waals surface area contributed by atoms with E-state index in [-0.39, 0.29) is 0 Å². The quantitative estimate of drug-likeness (QED) is 0.760. The lowest BCUT2D eigenvalue weighted by Crippen LogP contribution is -2.17. The molecule has 0 unspecified atom stereocenters. The fraction of sp³-hybridized carbons (Fsp3) is 0.133. The Kier molecular flexibility index (Phi) is 2.76. The van der Waals surface area contributed by atoms with Gasteiger partial charge in [-0.25, -0.2) is 0 Å². The number of hydrogen-bond donors (Lipinski definition) is 0. The van der Waals surface area contributed by atoms with Gasteiger partial charge in [-0.05, 0) is 17.5 Å². The van der Waals surface area contributed by atoms with Crippen molar-refractivity contribution in [3.05, 3.63) is 64.5 Å². The molecule has 0 N–H and O–H groups in total. The summed E-state index contributed by atoms with van der Waals surface area (Å²) in [6.07, 6.45) is 0. The van der Waals surface area contributed by atoms with Crippen molar-refractivity contribution in [1.82, 2.24) is 0 Å². The van der Waals surface area contributed by atoms with Gasteiger partial charge in [0.2, 0.25) is 0 Å². The second kappa shape index (κ2) is 4.42. The number of thiophene rings is 1. The van der Waals surface area contributed by atoms with Crippen LogP contribution in [-0.4, -0.2) is 19.3 Å². The first kappa shape index (κ1) is 11.2. The summed E-state index contributed by atoms with van der Waals surface area (Å²) in [7, 11) is 2.05. The summed E-state index contributed by atoms with van der Waals surface area (Å²) < 4.78 is 0. The van der Waals surface area contributed by atoms with E-state index in [2.05, 4.69) is 53.3 Å². The summed E-state index contributed by atoms with van der Waals surface area (Å²) in [5, 5.41) is 2.09. The zero-order valence-corrected chi connectivity index (χ0v) is 11.1. The molecule has 0 radical (unpaired) electrons. The van der Waals surface area contributed by atoms with Crippen LogP contribution in [0.3, 0.4) is 0 Å². The third-order valence-corrected chi connectivity index (χ3v) is 4.05. The summed E-state index contributed by atoms with van der Waals surface area (Å²) >= 11 is 1.73. The molecule has 90 valence electrons. The van der Waals surface area contributed by atoms with Crippen molar-refractivity contribution in [3.63, 3.8) is 0 Å². The van der Waals surface area contributed by atoms with Crippen LogP contribution in [0.4, 0.5) is 5.69 Å². The number of benzodiazepines with no additional fused rings is 1. The zero-order chi connectivity index (χ0) is 12.5. The number of nitrogens with zero attached hydrogens (tertiary/aromatic N) is 2. The lowest BCUT2D eigenvalue weighted by atomic mass is 10.1. The minimum absolute atomic E-state index is 0.651. The second-order valence-corrected chi connectivity index (χ2v) is 5.23. The number of hydrogen-bond acceptors (Lipinski definition) is 3. The van der Waals surface area contributed by atoms with Crippen molar-refractivity contribution < 1.29 is 0 Å². The van der Waals surface area contributed by atoms with E-state index in [1.807, 2.05) is 7.05 Å². The molecule has 0 fully saturated rings. The Morgan fingerprint density at radius 2 is 2.06 bits per heavy atom. The van der Waals surface area contributed by atoms with Gasteiger partial charge in [-0.15, -0.1) is 11.3 Å². The number of aliphatic imine (C=N–C) groups is 1. The van der Waals surface area contributed by atoms with Crippen LogP contribution in [0.25, 0.3) is 0 Å². The van der Waals surface area contributed by atoms with E-state index in [9.17, 15) is 0 Å². The van der Waals surface area contributed by atoms with Crippen LogP contribution in [0, 0.1) is 0 Å². The molecule has 0 bridgehead atoms. The average Bonchev–Trinajstić information content (AvgIpc) is 2.88. The summed E-state index contributed by atoms with van der Waals surface area (Å²) in [4.78, 5) is 8.06. The summed E-state index contributed by atoms with van der Waals surface area (Å²) in [6.45, 7) is 4.74. The van der Waals surface area contributed by atoms with Crippen LogP contribution in [0.15, 0.2) is 59.0 Å². The Balaban J connectivity index is 2.21. The molecule has 3 rings (SSSR count). The Morgan fingerprint density at radius 3 is 2.83 bits per heavy atom. The Hall–Kier alpha value is -1.87. The molecule has 1 aliphatic rings. The number of anilines is 1. The van der Waals surface area contributed by atoms with Crippen LogP contribution in [0.5, 0.6) is 0 Å². The van der Waals surface area contributed by atoms with Crippen LogP contribution < -0.4 is 4.90 Å². The van der Waals surface area contributed by atoms with Crippen LogP contribution in [0.1, 0.15) is 10.4 Å². The molecule has 0 spiro atoms. The fourth-order valence-corrected chi connectivity index (χ4v) is 2.87. The fourth-order valence-electron chi connectivity index (χ4n) is 2.12. The predicted octanol–water partition coefficient (Wildman–Crippen LogP) is 3.55. The zero-order valence-electron chi connectivity index (χ0n) is 10.3. The predicted molar refractivity (Wildman–Crippen MR) is 78.8 cm³/mol. The van der Waals surface area contributed by atoms with Gasteiger partial charge >= 0.3 is 0 Å². The number of para-hydroxylation sites is 1. The van der Waals surface area contributed by atoms with Crippen molar-refractivity contribution in [2.75, 3.05) is 18.5 Å². The van der Waals surface area contributed by atoms with E-state index >= 15 is 0 Å². The van der Waals surface area contributed by atoms with Gasteiger partial charge in [0.05, 0.1) is 22.8 Å². The minimum Gasteiger partial charge on any atom is -0.346 e. The molecule has 0 saturated carbocycles. The first-order valence-electron chi connectivity index (χ1n) is 5.86. The summed E-state index contributed by atoms with van der Waals surface area (Å²) in [5.41, 5.74) is 4.45. The van der Waals surface area contributed by atoms with E-state index in [0.717, 1.165) is 11.4 Å². The van der Waals surface area contributed by atoms with Crippen LogP contribution in [0.2, 0.25) is 0 Å². The van der Waals surface area contributed by atoms with Crippen molar-refractivity contribution in [1.29, 1.82) is 0 Å². The maximum atomic E-state index is 4.72. The molecule has 1 aliphatic heterocycles. The van der Waals surface area contributed by atoms with Crippen LogP contribution >= 0.6 is 11.3 Å². The molecule has 1 aromatic carbocycles. The van der Waals surface area contributed by atoms with E-state index < -0.39 is 0 Å². The van der Waals surface area contributed by atoms with Crippen molar-refractivity contribution >= 4 is 22.7 Å². The third kappa shape index (κ3) is 1.77. The molecular weight excluding hydrogens is 240 g/mol. The van der Waals surface area contributed by atoms with Crippen molar-refractivity contribution in [2.45, 2.75) is 0 Å². The highest BCUT2D eigenvalue weighted by atomic mass is 32.1. The highest BCUT2D eigenvalue weighted by Gasteiger charge is 2.19. The topological polar surface area (TPSA) is 15.6 Å². The Bertz CT molecular complexity index is 611. The first-order chi connectivity index (χ1) is 8.77. The van der Waals surface area contributed by atoms with Crippen LogP contribution in [-0.2, 0) is 0 Å². The molecule has 2 aromatic rings. The molecule has 18 heavy (non-hydrogen) atoms. The maximum Gasteiger partial charge on any atom is 0.0844 e. The smallest absolute Gasteiger partial charge is 0.0844 e. The molecule has 0 atom stereocenters. The molecule has 0 saturated heterocycles. The van der Waals surface area contributed by atoms with Gasteiger partial charge < -0.3 is 4.90 Å². The SMILES string of the molecule is C=C1CN=C(c2cccs2)c2ccccc2N1C. The maximum absolute atomic E-state index is 4.72. The van der Waals surface area contributed by atoms with E-state index in [4.69, 9.17) is 4.99 Å². The first-order valence-corrected chi connectivity index (χ1v) is 6.74. The van der Waals surface area contributed by atoms with E-state index in [1.165, 1.54) is 16.1 Å². The molecule has 2 nitrogen and oxygen atoms in total. The largest absolute Gasteiger partial charge is 0.346 e. The molecular formula is C15H14N2S. The third-order valence-electron chi connectivity index (χ3n) is 3.17. The molecule has 2 heterocycles. The summed E-state index contributed by atoms with van der Waals surface area (Å²) in [5.74, 6) is 0. The Labute approximate surface area is 111 Å². The number of benzene rings is 1. The standard InChI is InChI=1S/C15H14N2S/c1-11-10-16-15(14-8-5-9-18-14)12-6-3-4-7-13(12)17(11)2/h3-9H,1,10H2,2H3. The highest BCUT2D eigenvalue weighted by molar-refractivity contribution is 7.12. The van der Waals surface area contributed by atoms with Gasteiger partial charge in [0, 0.05) is 18.3 Å². The van der Waals surface area contributed by atoms with Gasteiger partial charge in [-0.3, -0.25) is 4.99 Å². The number of rotatable bonds is 1. The minimum atomic E-state index is 0.651. The van der Waals surface area contributed by atoms with Gasteiger partial charge in [0.1, 0.15) is 0 Å². The van der Waals surface area contributed by atoms with Gasteiger partial charge in [0.15, 0.2) is 0 Å². The summed E-state index contributed by atoms with van der Waals surface area (Å²) in [6, 6.07) is 12.5. The second-order valence-electron chi connectivity index (χ2n) is 4.28. The molecule has 0 aliphatic carbocycles. The van der Waals surface area contributed by atoms with Gasteiger partial charge in [-0.2, -0.15) is 0 Å². The van der Waals surface area contributed by atoms with Crippen molar-refractivity contribution in [2.24, 2.45) is 4.99 Å². The molecule has 3 heteroatoms. The monoisotopic (exact) mass is 254 g/mol. The number of likely N-dealkylation sites (N-methyl/N-ethyl adjacent to an activating group) is 1.